The zero-order valence-electron chi connectivity index (χ0n) is 8.03. The summed E-state index contributed by atoms with van der Waals surface area (Å²) >= 11 is 11.2. The molecule has 1 atom stereocenters. The monoisotopic (exact) mass is 286 g/mol. The van der Waals surface area contributed by atoms with E-state index in [0.29, 0.717) is 0 Å². The Morgan fingerprint density at radius 1 is 1.29 bits per heavy atom. The maximum atomic E-state index is 12.0. The number of rotatable bonds is 4. The molecule has 0 aliphatic rings. The third-order valence-electron chi connectivity index (χ3n) is 1.80. The lowest BCUT2D eigenvalue weighted by Gasteiger charge is -2.12. The third kappa shape index (κ3) is 3.42. The van der Waals surface area contributed by atoms with Crippen LogP contribution >= 0.6 is 23.2 Å². The number of aliphatic hydroxyl groups is 1. The molecule has 0 saturated carbocycles. The zero-order chi connectivity index (χ0) is 13.2. The summed E-state index contributed by atoms with van der Waals surface area (Å²) in [6, 6.07) is 1.87. The molecule has 0 fully saturated rings. The van der Waals surface area contributed by atoms with Gasteiger partial charge in [-0.2, -0.15) is 8.78 Å². The number of benzene rings is 1. The smallest absolute Gasteiger partial charge is 0.387 e. The summed E-state index contributed by atoms with van der Waals surface area (Å²) in [4.78, 5) is 10.5. The average Bonchev–Trinajstić information content (AvgIpc) is 2.20. The number of carbonyl (C=O) groups is 1. The van der Waals surface area contributed by atoms with E-state index in [4.69, 9.17) is 28.3 Å². The fraction of sp³-hybridized carbons (Fsp3) is 0.222. The van der Waals surface area contributed by atoms with Gasteiger partial charge in [0.25, 0.3) is 0 Å². The molecule has 94 valence electrons. The average molecular weight is 287 g/mol. The third-order valence-corrected chi connectivity index (χ3v) is 2.42. The van der Waals surface area contributed by atoms with Crippen molar-refractivity contribution in [2.24, 2.45) is 0 Å². The minimum Gasteiger partial charge on any atom is -0.479 e. The molecule has 0 spiro atoms. The number of hydrogen-bond acceptors (Lipinski definition) is 3. The molecule has 0 saturated heterocycles. The number of ether oxygens (including phenoxy) is 1. The van der Waals surface area contributed by atoms with Gasteiger partial charge in [-0.05, 0) is 12.1 Å². The summed E-state index contributed by atoms with van der Waals surface area (Å²) in [6.07, 6.45) is -1.94. The Hall–Kier alpha value is -1.11. The van der Waals surface area contributed by atoms with Gasteiger partial charge in [0.1, 0.15) is 5.75 Å². The Morgan fingerprint density at radius 2 is 1.88 bits per heavy atom. The fourth-order valence-corrected chi connectivity index (χ4v) is 1.60. The second-order valence-electron chi connectivity index (χ2n) is 2.92. The fourth-order valence-electron chi connectivity index (χ4n) is 1.07. The lowest BCUT2D eigenvalue weighted by Crippen LogP contribution is -2.12. The molecule has 17 heavy (non-hydrogen) atoms. The molecule has 0 aliphatic carbocycles. The number of carboxylic acids is 1. The maximum absolute atomic E-state index is 12.0. The normalized spacial score (nSPS) is 12.6. The number of hydrogen-bond donors (Lipinski definition) is 2. The molecule has 0 heterocycles. The number of halogens is 4. The SMILES string of the molecule is O=C(O)[C@@H](O)c1cc(OC(F)F)c(Cl)cc1Cl. The van der Waals surface area contributed by atoms with Gasteiger partial charge in [0.2, 0.25) is 0 Å². The van der Waals surface area contributed by atoms with E-state index in [1.165, 1.54) is 0 Å². The summed E-state index contributed by atoms with van der Waals surface area (Å²) < 4.78 is 28.0. The van der Waals surface area contributed by atoms with Crippen LogP contribution in [0.2, 0.25) is 10.0 Å². The quantitative estimate of drug-likeness (QED) is 0.893. The van der Waals surface area contributed by atoms with Gasteiger partial charge in [-0.25, -0.2) is 4.79 Å². The van der Waals surface area contributed by atoms with Crippen LogP contribution in [0.15, 0.2) is 12.1 Å². The van der Waals surface area contributed by atoms with Crippen LogP contribution in [-0.4, -0.2) is 22.8 Å². The zero-order valence-corrected chi connectivity index (χ0v) is 9.54. The first-order valence-electron chi connectivity index (χ1n) is 4.17. The topological polar surface area (TPSA) is 66.8 Å². The van der Waals surface area contributed by atoms with E-state index in [-0.39, 0.29) is 15.6 Å². The Bertz CT molecular complexity index is 439. The molecule has 1 aromatic carbocycles. The van der Waals surface area contributed by atoms with E-state index in [0.717, 1.165) is 12.1 Å². The van der Waals surface area contributed by atoms with Crippen molar-refractivity contribution in [3.8, 4) is 5.75 Å². The molecule has 0 unspecified atom stereocenters. The molecule has 0 bridgehead atoms. The molecule has 8 heteroatoms. The predicted octanol–water partition coefficient (Wildman–Crippen LogP) is 2.71. The molecular weight excluding hydrogens is 281 g/mol. The molecule has 1 rings (SSSR count). The van der Waals surface area contributed by atoms with Crippen molar-refractivity contribution in [3.05, 3.63) is 27.7 Å². The summed E-state index contributed by atoms with van der Waals surface area (Å²) in [5.74, 6) is -2.03. The van der Waals surface area contributed by atoms with Crippen LogP contribution in [0.25, 0.3) is 0 Å². The Labute approximate surface area is 104 Å². The highest BCUT2D eigenvalue weighted by molar-refractivity contribution is 6.36. The Balaban J connectivity index is 3.18. The predicted molar refractivity (Wildman–Crippen MR) is 55.7 cm³/mol. The summed E-state index contributed by atoms with van der Waals surface area (Å²) in [5.41, 5.74) is -0.279. The largest absolute Gasteiger partial charge is 0.479 e. The van der Waals surface area contributed by atoms with Crippen molar-refractivity contribution in [1.29, 1.82) is 0 Å². The number of alkyl halides is 2. The van der Waals surface area contributed by atoms with Crippen LogP contribution in [0, 0.1) is 0 Å². The van der Waals surface area contributed by atoms with Crippen LogP contribution in [0.5, 0.6) is 5.75 Å². The molecule has 0 aromatic heterocycles. The van der Waals surface area contributed by atoms with E-state index in [1.54, 1.807) is 0 Å². The lowest BCUT2D eigenvalue weighted by atomic mass is 10.1. The van der Waals surface area contributed by atoms with Gasteiger partial charge in [-0.1, -0.05) is 23.2 Å². The van der Waals surface area contributed by atoms with Gasteiger partial charge >= 0.3 is 12.6 Å². The summed E-state index contributed by atoms with van der Waals surface area (Å²) in [5, 5.41) is 17.5. The van der Waals surface area contributed by atoms with Gasteiger partial charge in [0, 0.05) is 10.6 Å². The van der Waals surface area contributed by atoms with Crippen LogP contribution < -0.4 is 4.74 Å². The molecule has 2 N–H and O–H groups in total. The highest BCUT2D eigenvalue weighted by Gasteiger charge is 2.22. The van der Waals surface area contributed by atoms with E-state index in [2.05, 4.69) is 4.74 Å². The lowest BCUT2D eigenvalue weighted by molar-refractivity contribution is -0.146. The van der Waals surface area contributed by atoms with Crippen molar-refractivity contribution in [2.75, 3.05) is 0 Å². The standard InChI is InChI=1S/C9H6Cl2F2O4/c10-4-2-5(11)6(17-9(12)13)1-3(4)7(14)8(15)16/h1-2,7,9,14H,(H,15,16)/t7-/m0/s1. The van der Waals surface area contributed by atoms with Crippen LogP contribution in [0.4, 0.5) is 8.78 Å². The molecule has 4 nitrogen and oxygen atoms in total. The van der Waals surface area contributed by atoms with Crippen molar-refractivity contribution < 1.29 is 28.5 Å². The van der Waals surface area contributed by atoms with Crippen molar-refractivity contribution in [2.45, 2.75) is 12.7 Å². The van der Waals surface area contributed by atoms with Crippen LogP contribution in [0.3, 0.4) is 0 Å². The maximum Gasteiger partial charge on any atom is 0.387 e. The van der Waals surface area contributed by atoms with E-state index in [1.807, 2.05) is 0 Å². The molecule has 1 aromatic rings. The van der Waals surface area contributed by atoms with Crippen LogP contribution in [0.1, 0.15) is 11.7 Å². The summed E-state index contributed by atoms with van der Waals surface area (Å²) in [7, 11) is 0. The number of carboxylic acid groups (broad SMARTS) is 1. The first-order chi connectivity index (χ1) is 7.82. The molecule has 0 aliphatic heterocycles. The second-order valence-corrected chi connectivity index (χ2v) is 3.74. The molecular formula is C9H6Cl2F2O4. The first kappa shape index (κ1) is 14.0. The number of aliphatic hydroxyl groups excluding tert-OH is 1. The van der Waals surface area contributed by atoms with Crippen molar-refractivity contribution in [3.63, 3.8) is 0 Å². The van der Waals surface area contributed by atoms with Crippen molar-refractivity contribution >= 4 is 29.2 Å². The van der Waals surface area contributed by atoms with E-state index < -0.39 is 24.4 Å². The number of aliphatic carboxylic acids is 1. The Kier molecular flexibility index (Phi) is 4.50. The Morgan fingerprint density at radius 3 is 2.35 bits per heavy atom. The van der Waals surface area contributed by atoms with Crippen LogP contribution in [-0.2, 0) is 4.79 Å². The van der Waals surface area contributed by atoms with Gasteiger partial charge < -0.3 is 14.9 Å². The van der Waals surface area contributed by atoms with E-state index >= 15 is 0 Å². The highest BCUT2D eigenvalue weighted by Crippen LogP contribution is 2.34. The highest BCUT2D eigenvalue weighted by atomic mass is 35.5. The minimum atomic E-state index is -3.12. The minimum absolute atomic E-state index is 0.161. The summed E-state index contributed by atoms with van der Waals surface area (Å²) in [6.45, 7) is -3.12. The van der Waals surface area contributed by atoms with Gasteiger partial charge in [-0.15, -0.1) is 0 Å². The van der Waals surface area contributed by atoms with Gasteiger partial charge in [0.15, 0.2) is 6.10 Å². The van der Waals surface area contributed by atoms with Gasteiger partial charge in [0.05, 0.1) is 5.02 Å². The molecule has 0 radical (unpaired) electrons. The second kappa shape index (κ2) is 5.48. The first-order valence-corrected chi connectivity index (χ1v) is 4.93. The molecule has 0 amide bonds. The van der Waals surface area contributed by atoms with Gasteiger partial charge in [-0.3, -0.25) is 0 Å². The van der Waals surface area contributed by atoms with E-state index in [9.17, 15) is 18.7 Å². The van der Waals surface area contributed by atoms with Crippen molar-refractivity contribution in [1.82, 2.24) is 0 Å².